The average molecular weight is 446 g/mol. The Labute approximate surface area is 184 Å². The van der Waals surface area contributed by atoms with Crippen LogP contribution < -0.4 is 17.0 Å². The Hall–Kier alpha value is -2.65. The Morgan fingerprint density at radius 1 is 1.19 bits per heavy atom. The van der Waals surface area contributed by atoms with Crippen molar-refractivity contribution in [3.63, 3.8) is 0 Å². The molecule has 31 heavy (non-hydrogen) atoms. The van der Waals surface area contributed by atoms with Crippen LogP contribution in [0.5, 0.6) is 0 Å². The molecular weight excluding hydrogens is 417 g/mol. The van der Waals surface area contributed by atoms with E-state index >= 15 is 0 Å². The number of allylic oxidation sites excluding steroid dienone is 2. The largest absolute Gasteiger partial charge is 0.332 e. The van der Waals surface area contributed by atoms with E-state index < -0.39 is 11.2 Å². The van der Waals surface area contributed by atoms with Crippen molar-refractivity contribution in [2.75, 3.05) is 6.54 Å². The van der Waals surface area contributed by atoms with Gasteiger partial charge in [0.15, 0.2) is 16.3 Å². The highest BCUT2D eigenvalue weighted by molar-refractivity contribution is 8.00. The van der Waals surface area contributed by atoms with Gasteiger partial charge in [-0.1, -0.05) is 35.5 Å². The Morgan fingerprint density at radius 3 is 2.42 bits per heavy atom. The SMILES string of the molecule is CC(C)=CCn1c(SC(C)(C)CN)nc2c1c(=O)n(Cc1ccc(F)cc1)c(=O)n2C. The van der Waals surface area contributed by atoms with Gasteiger partial charge in [0.2, 0.25) is 0 Å². The standard InChI is InChI=1S/C22H28FN5O2S/c1-14(2)10-11-27-17-18(25-20(27)31-22(3,4)13-24)26(5)21(30)28(19(17)29)12-15-6-8-16(23)9-7-15/h6-10H,11-13,24H2,1-5H3. The third-order valence-corrected chi connectivity index (χ3v) is 6.21. The van der Waals surface area contributed by atoms with Crippen molar-refractivity contribution in [1.29, 1.82) is 0 Å². The third kappa shape index (κ3) is 4.83. The summed E-state index contributed by atoms with van der Waals surface area (Å²) < 4.78 is 17.4. The van der Waals surface area contributed by atoms with E-state index in [4.69, 9.17) is 5.73 Å². The lowest BCUT2D eigenvalue weighted by Gasteiger charge is -2.21. The summed E-state index contributed by atoms with van der Waals surface area (Å²) >= 11 is 1.48. The van der Waals surface area contributed by atoms with Gasteiger partial charge in [0.1, 0.15) is 5.82 Å². The van der Waals surface area contributed by atoms with E-state index in [1.54, 1.807) is 19.2 Å². The lowest BCUT2D eigenvalue weighted by Crippen LogP contribution is -2.40. The molecule has 0 bridgehead atoms. The van der Waals surface area contributed by atoms with Crippen LogP contribution in [-0.4, -0.2) is 30.0 Å². The topological polar surface area (TPSA) is 87.8 Å². The van der Waals surface area contributed by atoms with Gasteiger partial charge in [-0.3, -0.25) is 13.9 Å². The average Bonchev–Trinajstić information content (AvgIpc) is 3.07. The number of aromatic nitrogens is 4. The number of nitrogens with zero attached hydrogens (tertiary/aromatic N) is 4. The third-order valence-electron chi connectivity index (χ3n) is 4.99. The van der Waals surface area contributed by atoms with Gasteiger partial charge in [0.25, 0.3) is 5.56 Å². The first-order valence-electron chi connectivity index (χ1n) is 10.0. The fourth-order valence-corrected chi connectivity index (χ4v) is 4.06. The van der Waals surface area contributed by atoms with Gasteiger partial charge >= 0.3 is 5.69 Å². The monoisotopic (exact) mass is 445 g/mol. The van der Waals surface area contributed by atoms with Crippen LogP contribution in [0.2, 0.25) is 0 Å². The number of imidazole rings is 1. The predicted molar refractivity (Wildman–Crippen MR) is 123 cm³/mol. The van der Waals surface area contributed by atoms with Crippen molar-refractivity contribution in [1.82, 2.24) is 18.7 Å². The summed E-state index contributed by atoms with van der Waals surface area (Å²) in [7, 11) is 1.60. The first-order chi connectivity index (χ1) is 14.5. The minimum absolute atomic E-state index is 0.0479. The number of hydrogen-bond donors (Lipinski definition) is 1. The molecule has 0 radical (unpaired) electrons. The highest BCUT2D eigenvalue weighted by Crippen LogP contribution is 2.32. The van der Waals surface area contributed by atoms with E-state index in [9.17, 15) is 14.0 Å². The fraction of sp³-hybridized carbons (Fsp3) is 0.409. The van der Waals surface area contributed by atoms with Crippen LogP contribution in [0.4, 0.5) is 4.39 Å². The Balaban J connectivity index is 2.25. The van der Waals surface area contributed by atoms with E-state index in [1.807, 2.05) is 38.3 Å². The van der Waals surface area contributed by atoms with Gasteiger partial charge < -0.3 is 10.3 Å². The summed E-state index contributed by atoms with van der Waals surface area (Å²) in [5.74, 6) is -0.372. The smallest absolute Gasteiger partial charge is 0.329 e. The molecule has 2 N–H and O–H groups in total. The van der Waals surface area contributed by atoms with E-state index in [-0.39, 0.29) is 17.1 Å². The van der Waals surface area contributed by atoms with Crippen LogP contribution in [0.1, 0.15) is 33.3 Å². The van der Waals surface area contributed by atoms with Crippen molar-refractivity contribution in [3.8, 4) is 0 Å². The molecule has 0 spiro atoms. The zero-order valence-corrected chi connectivity index (χ0v) is 19.3. The van der Waals surface area contributed by atoms with Gasteiger partial charge in [0, 0.05) is 24.9 Å². The molecule has 0 saturated carbocycles. The van der Waals surface area contributed by atoms with Gasteiger partial charge in [-0.2, -0.15) is 0 Å². The molecule has 0 atom stereocenters. The van der Waals surface area contributed by atoms with Crippen molar-refractivity contribution in [2.24, 2.45) is 12.8 Å². The lowest BCUT2D eigenvalue weighted by molar-refractivity contribution is 0.623. The molecule has 3 rings (SSSR count). The van der Waals surface area contributed by atoms with E-state index in [0.717, 1.165) is 5.57 Å². The molecule has 7 nitrogen and oxygen atoms in total. The number of aryl methyl sites for hydroxylation is 1. The minimum atomic E-state index is -0.469. The molecule has 2 aromatic heterocycles. The molecule has 0 fully saturated rings. The molecule has 3 aromatic rings. The van der Waals surface area contributed by atoms with Crippen molar-refractivity contribution >= 4 is 22.9 Å². The number of benzene rings is 1. The van der Waals surface area contributed by atoms with Crippen LogP contribution in [0.3, 0.4) is 0 Å². The highest BCUT2D eigenvalue weighted by atomic mass is 32.2. The zero-order valence-electron chi connectivity index (χ0n) is 18.5. The summed E-state index contributed by atoms with van der Waals surface area (Å²) in [4.78, 5) is 31.1. The highest BCUT2D eigenvalue weighted by Gasteiger charge is 2.25. The molecule has 2 heterocycles. The van der Waals surface area contributed by atoms with Gasteiger partial charge in [-0.05, 0) is 45.4 Å². The first kappa shape index (κ1) is 23.0. The molecule has 0 amide bonds. The maximum atomic E-state index is 13.4. The van der Waals surface area contributed by atoms with Crippen molar-refractivity contribution in [3.05, 3.63) is 68.1 Å². The molecule has 0 saturated heterocycles. The van der Waals surface area contributed by atoms with Gasteiger partial charge in [-0.25, -0.2) is 14.2 Å². The zero-order chi connectivity index (χ0) is 22.9. The molecule has 0 aliphatic rings. The quantitative estimate of drug-likeness (QED) is 0.446. The minimum Gasteiger partial charge on any atom is -0.329 e. The van der Waals surface area contributed by atoms with Crippen LogP contribution >= 0.6 is 11.8 Å². The molecular formula is C22H28FN5O2S. The molecule has 166 valence electrons. The summed E-state index contributed by atoms with van der Waals surface area (Å²) in [5.41, 5.74) is 7.48. The molecule has 0 aliphatic carbocycles. The van der Waals surface area contributed by atoms with Crippen LogP contribution in [-0.2, 0) is 20.1 Å². The predicted octanol–water partition coefficient (Wildman–Crippen LogP) is 2.88. The summed E-state index contributed by atoms with van der Waals surface area (Å²) in [6.07, 6.45) is 2.01. The van der Waals surface area contributed by atoms with Gasteiger partial charge in [-0.15, -0.1) is 0 Å². The molecule has 1 aromatic carbocycles. The molecule has 0 aliphatic heterocycles. The lowest BCUT2D eigenvalue weighted by atomic mass is 10.2. The summed E-state index contributed by atoms with van der Waals surface area (Å²) in [5, 5.41) is 0.634. The number of fused-ring (bicyclic) bond motifs is 1. The van der Waals surface area contributed by atoms with E-state index in [2.05, 4.69) is 4.98 Å². The number of hydrogen-bond acceptors (Lipinski definition) is 5. The number of nitrogens with two attached hydrogens (primary N) is 1. The normalized spacial score (nSPS) is 11.8. The number of thioether (sulfide) groups is 1. The second-order valence-electron chi connectivity index (χ2n) is 8.38. The number of rotatable bonds is 7. The van der Waals surface area contributed by atoms with Crippen LogP contribution in [0.25, 0.3) is 11.2 Å². The maximum Gasteiger partial charge on any atom is 0.332 e. The van der Waals surface area contributed by atoms with E-state index in [1.165, 1.54) is 33.0 Å². The second-order valence-corrected chi connectivity index (χ2v) is 10.1. The number of halogens is 1. The molecule has 0 unspecified atom stereocenters. The maximum absolute atomic E-state index is 13.4. The second kappa shape index (κ2) is 8.84. The van der Waals surface area contributed by atoms with E-state index in [0.29, 0.717) is 35.0 Å². The van der Waals surface area contributed by atoms with Crippen LogP contribution in [0.15, 0.2) is 50.7 Å². The van der Waals surface area contributed by atoms with Gasteiger partial charge in [0.05, 0.1) is 6.54 Å². The Morgan fingerprint density at radius 2 is 1.84 bits per heavy atom. The Bertz CT molecular complexity index is 1250. The van der Waals surface area contributed by atoms with Crippen molar-refractivity contribution < 1.29 is 4.39 Å². The fourth-order valence-electron chi connectivity index (χ4n) is 3.07. The van der Waals surface area contributed by atoms with Crippen LogP contribution in [0, 0.1) is 5.82 Å². The Kier molecular flexibility index (Phi) is 6.56. The summed E-state index contributed by atoms with van der Waals surface area (Å²) in [6.45, 7) is 8.91. The van der Waals surface area contributed by atoms with Crippen molar-refractivity contribution in [2.45, 2.75) is 50.7 Å². The summed E-state index contributed by atoms with van der Waals surface area (Å²) in [6, 6.07) is 5.76. The molecule has 9 heteroatoms. The first-order valence-corrected chi connectivity index (χ1v) is 10.8.